The van der Waals surface area contributed by atoms with Crippen LogP contribution in [0, 0.1) is 5.92 Å². The van der Waals surface area contributed by atoms with E-state index in [4.69, 9.17) is 15.2 Å². The quantitative estimate of drug-likeness (QED) is 0.832. The molecular formula is C14H22N2O2. The van der Waals surface area contributed by atoms with E-state index in [1.165, 1.54) is 5.56 Å². The third-order valence-electron chi connectivity index (χ3n) is 3.04. The highest BCUT2D eigenvalue weighted by Gasteiger charge is 2.10. The van der Waals surface area contributed by atoms with E-state index >= 15 is 0 Å². The van der Waals surface area contributed by atoms with Crippen LogP contribution in [0.3, 0.4) is 0 Å². The molecule has 1 aromatic carbocycles. The fraction of sp³-hybridized carbons (Fsp3) is 0.571. The average Bonchev–Trinajstić information content (AvgIpc) is 2.63. The maximum atomic E-state index is 5.66. The molecule has 0 aliphatic carbocycles. The number of nitrogens with one attached hydrogen (secondary N) is 1. The number of nitrogens with two attached hydrogens (primary N) is 1. The average molecular weight is 250 g/mol. The molecule has 4 heteroatoms. The Morgan fingerprint density at radius 1 is 1.28 bits per heavy atom. The normalized spacial score (nSPS) is 16.1. The molecule has 0 spiro atoms. The highest BCUT2D eigenvalue weighted by Crippen LogP contribution is 2.30. The van der Waals surface area contributed by atoms with Gasteiger partial charge in [-0.05, 0) is 36.7 Å². The van der Waals surface area contributed by atoms with Crippen LogP contribution in [0.15, 0.2) is 18.2 Å². The minimum absolute atomic E-state index is 0.505. The van der Waals surface area contributed by atoms with Crippen molar-refractivity contribution in [2.45, 2.75) is 19.9 Å². The van der Waals surface area contributed by atoms with Crippen molar-refractivity contribution >= 4 is 0 Å². The maximum Gasteiger partial charge on any atom is 0.161 e. The van der Waals surface area contributed by atoms with E-state index in [9.17, 15) is 0 Å². The summed E-state index contributed by atoms with van der Waals surface area (Å²) in [5, 5.41) is 3.40. The molecule has 0 radical (unpaired) electrons. The molecule has 1 aromatic rings. The highest BCUT2D eigenvalue weighted by molar-refractivity contribution is 5.43. The summed E-state index contributed by atoms with van der Waals surface area (Å²) in [7, 11) is 0. The van der Waals surface area contributed by atoms with E-state index in [-0.39, 0.29) is 0 Å². The van der Waals surface area contributed by atoms with Crippen LogP contribution >= 0.6 is 0 Å². The van der Waals surface area contributed by atoms with Crippen molar-refractivity contribution in [3.05, 3.63) is 23.8 Å². The Morgan fingerprint density at radius 3 is 2.83 bits per heavy atom. The summed E-state index contributed by atoms with van der Waals surface area (Å²) in [6, 6.07) is 6.12. The smallest absolute Gasteiger partial charge is 0.161 e. The summed E-state index contributed by atoms with van der Waals surface area (Å²) >= 11 is 0. The summed E-state index contributed by atoms with van der Waals surface area (Å²) in [5.41, 5.74) is 6.80. The minimum atomic E-state index is 0.505. The van der Waals surface area contributed by atoms with Crippen molar-refractivity contribution in [2.75, 3.05) is 26.3 Å². The lowest BCUT2D eigenvalue weighted by Gasteiger charge is -2.12. The highest BCUT2D eigenvalue weighted by atomic mass is 16.5. The van der Waals surface area contributed by atoms with Crippen molar-refractivity contribution in [3.8, 4) is 11.5 Å². The van der Waals surface area contributed by atoms with Gasteiger partial charge in [-0.25, -0.2) is 0 Å². The Labute approximate surface area is 108 Å². The van der Waals surface area contributed by atoms with Gasteiger partial charge in [-0.15, -0.1) is 0 Å². The van der Waals surface area contributed by atoms with Gasteiger partial charge in [-0.3, -0.25) is 0 Å². The zero-order chi connectivity index (χ0) is 12.8. The number of hydrogen-bond donors (Lipinski definition) is 2. The van der Waals surface area contributed by atoms with Crippen LogP contribution in [-0.2, 0) is 6.54 Å². The molecule has 0 fully saturated rings. The second kappa shape index (κ2) is 6.61. The molecule has 0 saturated carbocycles. The second-order valence-electron chi connectivity index (χ2n) is 4.80. The minimum Gasteiger partial charge on any atom is -0.490 e. The molecule has 0 amide bonds. The van der Waals surface area contributed by atoms with Gasteiger partial charge in [-0.1, -0.05) is 13.0 Å². The maximum absolute atomic E-state index is 5.66. The summed E-state index contributed by atoms with van der Waals surface area (Å²) in [6.45, 7) is 6.09. The van der Waals surface area contributed by atoms with E-state index in [1.807, 2.05) is 6.07 Å². The Morgan fingerprint density at radius 2 is 2.06 bits per heavy atom. The SMILES string of the molecule is CC(CN)CNCc1ccc2c(c1)OCCCO2. The summed E-state index contributed by atoms with van der Waals surface area (Å²) < 4.78 is 11.3. The summed E-state index contributed by atoms with van der Waals surface area (Å²) in [6.07, 6.45) is 0.941. The van der Waals surface area contributed by atoms with E-state index in [0.29, 0.717) is 12.5 Å². The van der Waals surface area contributed by atoms with Crippen molar-refractivity contribution in [3.63, 3.8) is 0 Å². The Kier molecular flexibility index (Phi) is 4.84. The van der Waals surface area contributed by atoms with Gasteiger partial charge in [0.1, 0.15) is 0 Å². The third-order valence-corrected chi connectivity index (χ3v) is 3.04. The third kappa shape index (κ3) is 3.62. The fourth-order valence-corrected chi connectivity index (χ4v) is 1.86. The molecule has 0 aromatic heterocycles. The van der Waals surface area contributed by atoms with Crippen LogP contribution in [0.25, 0.3) is 0 Å². The number of benzene rings is 1. The molecule has 0 saturated heterocycles. The monoisotopic (exact) mass is 250 g/mol. The lowest BCUT2D eigenvalue weighted by molar-refractivity contribution is 0.297. The molecule has 1 aliphatic heterocycles. The predicted octanol–water partition coefficient (Wildman–Crippen LogP) is 1.53. The van der Waals surface area contributed by atoms with Gasteiger partial charge in [0.2, 0.25) is 0 Å². The second-order valence-corrected chi connectivity index (χ2v) is 4.80. The van der Waals surface area contributed by atoms with Crippen LogP contribution < -0.4 is 20.5 Å². The van der Waals surface area contributed by atoms with E-state index in [2.05, 4.69) is 24.4 Å². The Bertz CT molecular complexity index is 382. The molecule has 2 rings (SSSR count). The topological polar surface area (TPSA) is 56.5 Å². The molecular weight excluding hydrogens is 228 g/mol. The number of ether oxygens (including phenoxy) is 2. The van der Waals surface area contributed by atoms with Crippen LogP contribution in [0.1, 0.15) is 18.9 Å². The molecule has 18 heavy (non-hydrogen) atoms. The Hall–Kier alpha value is -1.26. The summed E-state index contributed by atoms with van der Waals surface area (Å²) in [4.78, 5) is 0. The van der Waals surface area contributed by atoms with Gasteiger partial charge < -0.3 is 20.5 Å². The first-order valence-electron chi connectivity index (χ1n) is 6.59. The first kappa shape index (κ1) is 13.2. The van der Waals surface area contributed by atoms with Gasteiger partial charge in [0.15, 0.2) is 11.5 Å². The van der Waals surface area contributed by atoms with Crippen LogP contribution in [0.2, 0.25) is 0 Å². The van der Waals surface area contributed by atoms with Crippen molar-refractivity contribution in [2.24, 2.45) is 11.7 Å². The number of rotatable bonds is 5. The van der Waals surface area contributed by atoms with Crippen LogP contribution in [0.4, 0.5) is 0 Å². The molecule has 1 unspecified atom stereocenters. The zero-order valence-electron chi connectivity index (χ0n) is 10.9. The molecule has 3 N–H and O–H groups in total. The van der Waals surface area contributed by atoms with Gasteiger partial charge in [0.05, 0.1) is 13.2 Å². The fourth-order valence-electron chi connectivity index (χ4n) is 1.86. The van der Waals surface area contributed by atoms with E-state index in [1.54, 1.807) is 0 Å². The predicted molar refractivity (Wildman–Crippen MR) is 72.0 cm³/mol. The van der Waals surface area contributed by atoms with Crippen molar-refractivity contribution < 1.29 is 9.47 Å². The first-order valence-corrected chi connectivity index (χ1v) is 6.59. The van der Waals surface area contributed by atoms with Gasteiger partial charge >= 0.3 is 0 Å². The first-order chi connectivity index (χ1) is 8.79. The standard InChI is InChI=1S/C14H22N2O2/c1-11(8-15)9-16-10-12-3-4-13-14(7-12)18-6-2-5-17-13/h3-4,7,11,16H,2,5-6,8-10,15H2,1H3. The Balaban J connectivity index is 1.91. The number of fused-ring (bicyclic) bond motifs is 1. The molecule has 1 atom stereocenters. The van der Waals surface area contributed by atoms with E-state index < -0.39 is 0 Å². The van der Waals surface area contributed by atoms with Gasteiger partial charge in [0, 0.05) is 13.0 Å². The molecule has 1 heterocycles. The van der Waals surface area contributed by atoms with Gasteiger partial charge in [-0.2, -0.15) is 0 Å². The lowest BCUT2D eigenvalue weighted by atomic mass is 10.1. The molecule has 0 bridgehead atoms. The summed E-state index contributed by atoms with van der Waals surface area (Å²) in [5.74, 6) is 2.22. The zero-order valence-corrected chi connectivity index (χ0v) is 10.9. The number of hydrogen-bond acceptors (Lipinski definition) is 4. The van der Waals surface area contributed by atoms with E-state index in [0.717, 1.165) is 44.2 Å². The lowest BCUT2D eigenvalue weighted by Crippen LogP contribution is -2.25. The molecule has 4 nitrogen and oxygen atoms in total. The van der Waals surface area contributed by atoms with Crippen LogP contribution in [0.5, 0.6) is 11.5 Å². The molecule has 100 valence electrons. The van der Waals surface area contributed by atoms with Gasteiger partial charge in [0.25, 0.3) is 0 Å². The largest absolute Gasteiger partial charge is 0.490 e. The van der Waals surface area contributed by atoms with Crippen molar-refractivity contribution in [1.29, 1.82) is 0 Å². The van der Waals surface area contributed by atoms with Crippen LogP contribution in [-0.4, -0.2) is 26.3 Å². The molecule has 1 aliphatic rings. The van der Waals surface area contributed by atoms with Crippen molar-refractivity contribution in [1.82, 2.24) is 5.32 Å².